The van der Waals surface area contributed by atoms with Crippen molar-refractivity contribution in [2.75, 3.05) is 5.32 Å². The molecule has 0 saturated heterocycles. The highest BCUT2D eigenvalue weighted by molar-refractivity contribution is 9.10. The molecule has 0 saturated carbocycles. The minimum atomic E-state index is -4.35. The number of hydrogen-bond acceptors (Lipinski definition) is 1. The second kappa shape index (κ2) is 5.65. The Morgan fingerprint density at radius 1 is 1.00 bits per heavy atom. The van der Waals surface area contributed by atoms with Gasteiger partial charge in [0.25, 0.3) is 0 Å². The van der Waals surface area contributed by atoms with Crippen molar-refractivity contribution in [1.82, 2.24) is 0 Å². The molecule has 5 heteroatoms. The van der Waals surface area contributed by atoms with Crippen molar-refractivity contribution in [3.8, 4) is 0 Å². The summed E-state index contributed by atoms with van der Waals surface area (Å²) in [6.45, 7) is 0.340. The smallest absolute Gasteiger partial charge is 0.380 e. The minimum Gasteiger partial charge on any atom is -0.380 e. The zero-order valence-corrected chi connectivity index (χ0v) is 11.4. The lowest BCUT2D eigenvalue weighted by Crippen LogP contribution is -2.10. The number of para-hydroxylation sites is 1. The third kappa shape index (κ3) is 3.73. The third-order valence-corrected chi connectivity index (χ3v) is 3.10. The summed E-state index contributed by atoms with van der Waals surface area (Å²) in [7, 11) is 0. The first kappa shape index (κ1) is 13.9. The Morgan fingerprint density at radius 3 is 2.42 bits per heavy atom. The van der Waals surface area contributed by atoms with E-state index in [1.165, 1.54) is 12.1 Å². The van der Waals surface area contributed by atoms with Gasteiger partial charge >= 0.3 is 6.18 Å². The molecule has 0 fully saturated rings. The van der Waals surface area contributed by atoms with Gasteiger partial charge in [0.15, 0.2) is 0 Å². The standard InChI is InChI=1S/C14H11BrF3N/c15-11-5-3-4-10(8-11)9-19-13-7-2-1-6-12(13)14(16,17)18/h1-8,19H,9H2. The number of rotatable bonds is 3. The lowest BCUT2D eigenvalue weighted by molar-refractivity contribution is -0.136. The van der Waals surface area contributed by atoms with Gasteiger partial charge in [0.05, 0.1) is 5.56 Å². The fraction of sp³-hybridized carbons (Fsp3) is 0.143. The van der Waals surface area contributed by atoms with E-state index in [1.54, 1.807) is 6.07 Å². The van der Waals surface area contributed by atoms with Crippen LogP contribution in [0, 0.1) is 0 Å². The van der Waals surface area contributed by atoms with Crippen molar-refractivity contribution in [1.29, 1.82) is 0 Å². The summed E-state index contributed by atoms with van der Waals surface area (Å²) in [6.07, 6.45) is -4.35. The molecule has 100 valence electrons. The van der Waals surface area contributed by atoms with Crippen molar-refractivity contribution in [3.63, 3.8) is 0 Å². The Labute approximate surface area is 117 Å². The van der Waals surface area contributed by atoms with E-state index in [0.29, 0.717) is 6.54 Å². The molecule has 0 aliphatic carbocycles. The fourth-order valence-corrected chi connectivity index (χ4v) is 2.18. The predicted molar refractivity (Wildman–Crippen MR) is 72.9 cm³/mol. The first-order valence-electron chi connectivity index (χ1n) is 5.61. The number of halogens is 4. The normalized spacial score (nSPS) is 11.4. The molecule has 1 nitrogen and oxygen atoms in total. The average molecular weight is 330 g/mol. The third-order valence-electron chi connectivity index (χ3n) is 2.60. The largest absolute Gasteiger partial charge is 0.418 e. The maximum atomic E-state index is 12.8. The molecule has 0 aliphatic heterocycles. The molecule has 0 bridgehead atoms. The van der Waals surface area contributed by atoms with Crippen molar-refractivity contribution < 1.29 is 13.2 Å². The topological polar surface area (TPSA) is 12.0 Å². The van der Waals surface area contributed by atoms with E-state index in [0.717, 1.165) is 16.1 Å². The van der Waals surface area contributed by atoms with Gasteiger partial charge in [-0.1, -0.05) is 40.2 Å². The van der Waals surface area contributed by atoms with E-state index in [2.05, 4.69) is 21.2 Å². The molecule has 0 spiro atoms. The van der Waals surface area contributed by atoms with E-state index in [-0.39, 0.29) is 5.69 Å². The lowest BCUT2D eigenvalue weighted by atomic mass is 10.1. The van der Waals surface area contributed by atoms with Gasteiger partial charge in [-0.2, -0.15) is 13.2 Å². The number of nitrogens with one attached hydrogen (secondary N) is 1. The quantitative estimate of drug-likeness (QED) is 0.827. The second-order valence-electron chi connectivity index (χ2n) is 4.03. The van der Waals surface area contributed by atoms with Crippen LogP contribution in [0.4, 0.5) is 18.9 Å². The van der Waals surface area contributed by atoms with E-state index in [4.69, 9.17) is 0 Å². The van der Waals surface area contributed by atoms with Crippen LogP contribution in [0.3, 0.4) is 0 Å². The molecule has 0 unspecified atom stereocenters. The molecule has 0 amide bonds. The summed E-state index contributed by atoms with van der Waals surface area (Å²) >= 11 is 3.33. The molecule has 2 rings (SSSR count). The number of benzene rings is 2. The molecule has 2 aromatic rings. The van der Waals surface area contributed by atoms with Crippen molar-refractivity contribution >= 4 is 21.6 Å². The Balaban J connectivity index is 2.16. The van der Waals surface area contributed by atoms with E-state index >= 15 is 0 Å². The van der Waals surface area contributed by atoms with Crippen LogP contribution in [0.1, 0.15) is 11.1 Å². The van der Waals surface area contributed by atoms with Crippen LogP contribution in [0.2, 0.25) is 0 Å². The summed E-state index contributed by atoms with van der Waals surface area (Å²) in [5, 5.41) is 2.82. The molecular weight excluding hydrogens is 319 g/mol. The maximum Gasteiger partial charge on any atom is 0.418 e. The highest BCUT2D eigenvalue weighted by Gasteiger charge is 2.32. The minimum absolute atomic E-state index is 0.0926. The Kier molecular flexibility index (Phi) is 4.14. The molecular formula is C14H11BrF3N. The molecule has 1 N–H and O–H groups in total. The van der Waals surface area contributed by atoms with Crippen molar-refractivity contribution in [3.05, 3.63) is 64.1 Å². The van der Waals surface area contributed by atoms with Gasteiger partial charge in [-0.05, 0) is 29.8 Å². The molecule has 0 aliphatic rings. The van der Waals surface area contributed by atoms with Crippen molar-refractivity contribution in [2.24, 2.45) is 0 Å². The Bertz CT molecular complexity index is 567. The van der Waals surface area contributed by atoms with E-state index in [9.17, 15) is 13.2 Å². The van der Waals surface area contributed by atoms with Crippen LogP contribution in [0.5, 0.6) is 0 Å². The van der Waals surface area contributed by atoms with Gasteiger partial charge < -0.3 is 5.32 Å². The molecule has 0 heterocycles. The van der Waals surface area contributed by atoms with Crippen molar-refractivity contribution in [2.45, 2.75) is 12.7 Å². The molecule has 19 heavy (non-hydrogen) atoms. The van der Waals surface area contributed by atoms with Gasteiger partial charge in [-0.15, -0.1) is 0 Å². The predicted octanol–water partition coefficient (Wildman–Crippen LogP) is 5.08. The van der Waals surface area contributed by atoms with Crippen LogP contribution in [-0.2, 0) is 12.7 Å². The first-order valence-corrected chi connectivity index (χ1v) is 6.40. The molecule has 2 aromatic carbocycles. The summed E-state index contributed by atoms with van der Waals surface area (Å²) in [4.78, 5) is 0. The van der Waals surface area contributed by atoms with Crippen LogP contribution in [0.25, 0.3) is 0 Å². The van der Waals surface area contributed by atoms with Gasteiger partial charge in [-0.3, -0.25) is 0 Å². The lowest BCUT2D eigenvalue weighted by Gasteiger charge is -2.14. The van der Waals surface area contributed by atoms with Gasteiger partial charge in [0, 0.05) is 16.7 Å². The molecule has 0 atom stereocenters. The van der Waals surface area contributed by atoms with Crippen LogP contribution in [0.15, 0.2) is 53.0 Å². The van der Waals surface area contributed by atoms with Crippen LogP contribution < -0.4 is 5.32 Å². The van der Waals surface area contributed by atoms with Gasteiger partial charge in [0.2, 0.25) is 0 Å². The summed E-state index contributed by atoms with van der Waals surface area (Å²) in [5.41, 5.74) is 0.353. The van der Waals surface area contributed by atoms with E-state index < -0.39 is 11.7 Å². The van der Waals surface area contributed by atoms with Gasteiger partial charge in [0.1, 0.15) is 0 Å². The molecule has 0 radical (unpaired) electrons. The average Bonchev–Trinajstić information content (AvgIpc) is 2.36. The number of hydrogen-bond donors (Lipinski definition) is 1. The highest BCUT2D eigenvalue weighted by Crippen LogP contribution is 2.34. The number of anilines is 1. The maximum absolute atomic E-state index is 12.8. The SMILES string of the molecule is FC(F)(F)c1ccccc1NCc1cccc(Br)c1. The zero-order valence-electron chi connectivity index (χ0n) is 9.84. The summed E-state index contributed by atoms with van der Waals surface area (Å²) < 4.78 is 39.3. The fourth-order valence-electron chi connectivity index (χ4n) is 1.73. The highest BCUT2D eigenvalue weighted by atomic mass is 79.9. The number of alkyl halides is 3. The van der Waals surface area contributed by atoms with E-state index in [1.807, 2.05) is 24.3 Å². The summed E-state index contributed by atoms with van der Waals surface area (Å²) in [6, 6.07) is 12.9. The van der Waals surface area contributed by atoms with Crippen LogP contribution in [-0.4, -0.2) is 0 Å². The van der Waals surface area contributed by atoms with Crippen LogP contribution >= 0.6 is 15.9 Å². The monoisotopic (exact) mass is 329 g/mol. The Morgan fingerprint density at radius 2 is 1.74 bits per heavy atom. The molecule has 0 aromatic heterocycles. The first-order chi connectivity index (χ1) is 8.97. The summed E-state index contributed by atoms with van der Waals surface area (Å²) in [5.74, 6) is 0. The van der Waals surface area contributed by atoms with Gasteiger partial charge in [-0.25, -0.2) is 0 Å². The Hall–Kier alpha value is -1.49. The second-order valence-corrected chi connectivity index (χ2v) is 4.94. The zero-order chi connectivity index (χ0) is 13.9.